The van der Waals surface area contributed by atoms with Gasteiger partial charge in [-0.3, -0.25) is 4.90 Å². The van der Waals surface area contributed by atoms with E-state index in [1.807, 2.05) is 0 Å². The second kappa shape index (κ2) is 4.49. The van der Waals surface area contributed by atoms with Crippen molar-refractivity contribution in [2.24, 2.45) is 5.73 Å². The maximum Gasteiger partial charge on any atom is 0.414 e. The third-order valence-electron chi connectivity index (χ3n) is 2.51. The predicted octanol–water partition coefficient (Wildman–Crippen LogP) is 1.63. The van der Waals surface area contributed by atoms with Crippen LogP contribution < -0.4 is 10.6 Å². The number of nitrogens with two attached hydrogens (primary N) is 1. The number of cyclic esters (lactones) is 1. The number of rotatable bonds is 2. The zero-order valence-corrected chi connectivity index (χ0v) is 8.78. The van der Waals surface area contributed by atoms with Gasteiger partial charge in [0.05, 0.1) is 12.3 Å². The van der Waals surface area contributed by atoms with Gasteiger partial charge in [-0.05, 0) is 24.1 Å². The van der Waals surface area contributed by atoms with E-state index in [1.165, 1.54) is 11.0 Å². The van der Waals surface area contributed by atoms with Gasteiger partial charge in [0.2, 0.25) is 0 Å². The van der Waals surface area contributed by atoms with Crippen LogP contribution >= 0.6 is 0 Å². The van der Waals surface area contributed by atoms with E-state index in [2.05, 4.69) is 0 Å². The monoisotopic (exact) mass is 224 g/mol. The number of carbonyl (C=O) groups excluding carboxylic acids is 1. The van der Waals surface area contributed by atoms with Crippen LogP contribution in [0, 0.1) is 5.82 Å². The molecule has 0 aromatic heterocycles. The van der Waals surface area contributed by atoms with E-state index in [0.717, 1.165) is 0 Å². The van der Waals surface area contributed by atoms with E-state index < -0.39 is 11.9 Å². The molecule has 1 aliphatic rings. The Bertz CT molecular complexity index is 409. The second-order valence-electron chi connectivity index (χ2n) is 3.61. The van der Waals surface area contributed by atoms with E-state index in [9.17, 15) is 9.18 Å². The summed E-state index contributed by atoms with van der Waals surface area (Å²) in [5.41, 5.74) is 6.35. The van der Waals surface area contributed by atoms with E-state index in [1.54, 1.807) is 12.1 Å². The first-order valence-electron chi connectivity index (χ1n) is 5.15. The third-order valence-corrected chi connectivity index (χ3v) is 2.51. The highest BCUT2D eigenvalue weighted by molar-refractivity contribution is 5.88. The summed E-state index contributed by atoms with van der Waals surface area (Å²) in [6.07, 6.45) is 0.217. The van der Waals surface area contributed by atoms with E-state index in [-0.39, 0.29) is 12.2 Å². The molecule has 1 fully saturated rings. The van der Waals surface area contributed by atoms with Crippen molar-refractivity contribution >= 4 is 11.8 Å². The molecule has 0 spiro atoms. The SMILES string of the molecule is NCc1ccc(N2CCCOC2=O)c(F)c1. The van der Waals surface area contributed by atoms with Crippen molar-refractivity contribution in [3.05, 3.63) is 29.6 Å². The fraction of sp³-hybridized carbons (Fsp3) is 0.364. The standard InChI is InChI=1S/C11H13FN2O2/c12-9-6-8(7-13)2-3-10(9)14-4-1-5-16-11(14)15/h2-3,6H,1,4-5,7,13H2. The lowest BCUT2D eigenvalue weighted by atomic mass is 10.2. The summed E-state index contributed by atoms with van der Waals surface area (Å²) in [6.45, 7) is 1.16. The minimum absolute atomic E-state index is 0.252. The van der Waals surface area contributed by atoms with Gasteiger partial charge in [0.1, 0.15) is 5.82 Å². The molecule has 16 heavy (non-hydrogen) atoms. The number of amides is 1. The maximum atomic E-state index is 13.7. The molecule has 1 aromatic rings. The van der Waals surface area contributed by atoms with Gasteiger partial charge in [0.15, 0.2) is 0 Å². The zero-order valence-electron chi connectivity index (χ0n) is 8.78. The van der Waals surface area contributed by atoms with Crippen molar-refractivity contribution in [1.29, 1.82) is 0 Å². The van der Waals surface area contributed by atoms with Crippen molar-refractivity contribution in [2.75, 3.05) is 18.1 Å². The van der Waals surface area contributed by atoms with Crippen LogP contribution in [0.5, 0.6) is 0 Å². The summed E-state index contributed by atoms with van der Waals surface area (Å²) in [4.78, 5) is 12.7. The first kappa shape index (κ1) is 10.9. The number of ether oxygens (including phenoxy) is 1. The minimum atomic E-state index is -0.495. The van der Waals surface area contributed by atoms with Crippen LogP contribution in [0.15, 0.2) is 18.2 Å². The Morgan fingerprint density at radius 2 is 2.31 bits per heavy atom. The number of nitrogens with zero attached hydrogens (tertiary/aromatic N) is 1. The number of benzene rings is 1. The Morgan fingerprint density at radius 3 is 2.94 bits per heavy atom. The fourth-order valence-electron chi connectivity index (χ4n) is 1.67. The normalized spacial score (nSPS) is 16.1. The van der Waals surface area contributed by atoms with Crippen LogP contribution in [0.25, 0.3) is 0 Å². The van der Waals surface area contributed by atoms with Gasteiger partial charge in [-0.25, -0.2) is 9.18 Å². The predicted molar refractivity (Wildman–Crippen MR) is 57.6 cm³/mol. The Balaban J connectivity index is 2.28. The van der Waals surface area contributed by atoms with E-state index >= 15 is 0 Å². The summed E-state index contributed by atoms with van der Waals surface area (Å²) in [5.74, 6) is -0.443. The van der Waals surface area contributed by atoms with Gasteiger partial charge in [0, 0.05) is 13.1 Å². The van der Waals surface area contributed by atoms with Crippen LogP contribution in [0.1, 0.15) is 12.0 Å². The summed E-state index contributed by atoms with van der Waals surface area (Å²) in [6, 6.07) is 4.61. The molecule has 0 atom stereocenters. The largest absolute Gasteiger partial charge is 0.449 e. The van der Waals surface area contributed by atoms with Gasteiger partial charge in [0.25, 0.3) is 0 Å². The van der Waals surface area contributed by atoms with Gasteiger partial charge in [-0.15, -0.1) is 0 Å². The Hall–Kier alpha value is -1.62. The highest BCUT2D eigenvalue weighted by Gasteiger charge is 2.23. The maximum absolute atomic E-state index is 13.7. The van der Waals surface area contributed by atoms with Gasteiger partial charge < -0.3 is 10.5 Å². The number of hydrogen-bond acceptors (Lipinski definition) is 3. The van der Waals surface area contributed by atoms with E-state index in [4.69, 9.17) is 10.5 Å². The average Bonchev–Trinajstić information content (AvgIpc) is 2.30. The Morgan fingerprint density at radius 1 is 1.50 bits per heavy atom. The van der Waals surface area contributed by atoms with Crippen LogP contribution in [-0.2, 0) is 11.3 Å². The smallest absolute Gasteiger partial charge is 0.414 e. The molecular weight excluding hydrogens is 211 g/mol. The Kier molecular flexibility index (Phi) is 3.05. The lowest BCUT2D eigenvalue weighted by Crippen LogP contribution is -2.38. The van der Waals surface area contributed by atoms with Crippen molar-refractivity contribution in [2.45, 2.75) is 13.0 Å². The van der Waals surface area contributed by atoms with Crippen molar-refractivity contribution < 1.29 is 13.9 Å². The summed E-state index contributed by atoms with van der Waals surface area (Å²) in [7, 11) is 0. The van der Waals surface area contributed by atoms with Crippen molar-refractivity contribution in [3.63, 3.8) is 0 Å². The molecule has 0 unspecified atom stereocenters. The topological polar surface area (TPSA) is 55.6 Å². The fourth-order valence-corrected chi connectivity index (χ4v) is 1.67. The highest BCUT2D eigenvalue weighted by Crippen LogP contribution is 2.23. The highest BCUT2D eigenvalue weighted by atomic mass is 19.1. The lowest BCUT2D eigenvalue weighted by molar-refractivity contribution is 0.140. The lowest BCUT2D eigenvalue weighted by Gasteiger charge is -2.26. The number of anilines is 1. The summed E-state index contributed by atoms with van der Waals surface area (Å²) < 4.78 is 18.5. The number of halogens is 1. The van der Waals surface area contributed by atoms with Gasteiger partial charge >= 0.3 is 6.09 Å². The molecule has 0 aliphatic carbocycles. The number of hydrogen-bond donors (Lipinski definition) is 1. The average molecular weight is 224 g/mol. The first-order valence-corrected chi connectivity index (χ1v) is 5.15. The Labute approximate surface area is 92.8 Å². The van der Waals surface area contributed by atoms with Crippen LogP contribution in [0.2, 0.25) is 0 Å². The number of carbonyl (C=O) groups is 1. The molecule has 1 amide bonds. The van der Waals surface area contributed by atoms with Crippen LogP contribution in [0.4, 0.5) is 14.9 Å². The minimum Gasteiger partial charge on any atom is -0.449 e. The van der Waals surface area contributed by atoms with Crippen molar-refractivity contribution in [3.8, 4) is 0 Å². The first-order chi connectivity index (χ1) is 7.72. The molecule has 86 valence electrons. The molecule has 1 aromatic carbocycles. The van der Waals surface area contributed by atoms with Crippen LogP contribution in [0.3, 0.4) is 0 Å². The molecule has 0 saturated carbocycles. The summed E-state index contributed by atoms with van der Waals surface area (Å²) in [5, 5.41) is 0. The van der Waals surface area contributed by atoms with Crippen LogP contribution in [-0.4, -0.2) is 19.2 Å². The molecule has 5 heteroatoms. The molecule has 0 bridgehead atoms. The zero-order chi connectivity index (χ0) is 11.5. The molecule has 2 rings (SSSR count). The quantitative estimate of drug-likeness (QED) is 0.830. The molecule has 0 radical (unpaired) electrons. The molecular formula is C11H13FN2O2. The van der Waals surface area contributed by atoms with Crippen molar-refractivity contribution in [1.82, 2.24) is 0 Å². The molecule has 1 saturated heterocycles. The second-order valence-corrected chi connectivity index (χ2v) is 3.61. The summed E-state index contributed by atoms with van der Waals surface area (Å²) >= 11 is 0. The van der Waals surface area contributed by atoms with Gasteiger partial charge in [-0.1, -0.05) is 6.07 Å². The molecule has 2 N–H and O–H groups in total. The molecule has 4 nitrogen and oxygen atoms in total. The molecule has 1 heterocycles. The third kappa shape index (κ3) is 1.99. The van der Waals surface area contributed by atoms with E-state index in [0.29, 0.717) is 25.1 Å². The molecule has 1 aliphatic heterocycles. The van der Waals surface area contributed by atoms with Gasteiger partial charge in [-0.2, -0.15) is 0 Å².